The number of rotatable bonds is 9. The zero-order valence-electron chi connectivity index (χ0n) is 20.9. The summed E-state index contributed by atoms with van der Waals surface area (Å²) >= 11 is 0. The molecule has 0 fully saturated rings. The van der Waals surface area contributed by atoms with Gasteiger partial charge < -0.3 is 0 Å². The van der Waals surface area contributed by atoms with E-state index >= 15 is 0 Å². The van der Waals surface area contributed by atoms with Gasteiger partial charge in [-0.2, -0.15) is 5.10 Å². The lowest BCUT2D eigenvalue weighted by Gasteiger charge is -2.31. The van der Waals surface area contributed by atoms with E-state index in [1.54, 1.807) is 32.0 Å². The number of benzene rings is 1. The van der Waals surface area contributed by atoms with Gasteiger partial charge in [0.2, 0.25) is 10.0 Å². The van der Waals surface area contributed by atoms with Crippen LogP contribution in [0.3, 0.4) is 0 Å². The molecule has 0 spiro atoms. The Morgan fingerprint density at radius 1 is 1.00 bits per heavy atom. The number of anilines is 1. The molecule has 1 N–H and O–H groups in total. The monoisotopic (exact) mass is 502 g/mol. The van der Waals surface area contributed by atoms with Crippen LogP contribution in [0.25, 0.3) is 11.3 Å². The minimum absolute atomic E-state index is 0.0302. The summed E-state index contributed by atoms with van der Waals surface area (Å²) in [6.45, 7) is 11.2. The number of halogens is 2. The van der Waals surface area contributed by atoms with Crippen LogP contribution in [0.1, 0.15) is 77.3 Å². The number of nitrogens with one attached hydrogen (secondary N) is 1. The molecule has 3 aromatic rings. The lowest BCUT2D eigenvalue weighted by Crippen LogP contribution is -2.29. The van der Waals surface area contributed by atoms with Crippen LogP contribution in [-0.4, -0.2) is 28.8 Å². The third kappa shape index (κ3) is 5.34. The summed E-state index contributed by atoms with van der Waals surface area (Å²) in [6, 6.07) is 10.6. The molecule has 3 rings (SSSR count). The standard InChI is InChI=1S/C26H32F2N4O2S/c1-7-17(5)18-15-21(24-19(27)11-9-12-20(24)28)30-31-25(18)26(6,8-2)22-13-10-14-23(29-22)32-35(33,34)16(3)4/h9-17H,7-8H2,1-6H3,(H,29,32)/t17-,26-/m0/s1. The topological polar surface area (TPSA) is 84.8 Å². The highest BCUT2D eigenvalue weighted by Crippen LogP contribution is 2.39. The van der Waals surface area contributed by atoms with Gasteiger partial charge in [0, 0.05) is 0 Å². The largest absolute Gasteiger partial charge is 0.267 e. The summed E-state index contributed by atoms with van der Waals surface area (Å²) < 4.78 is 56.2. The Bertz CT molecular complexity index is 1290. The van der Waals surface area contributed by atoms with E-state index in [2.05, 4.69) is 19.9 Å². The minimum atomic E-state index is -3.57. The third-order valence-corrected chi connectivity index (χ3v) is 8.33. The fourth-order valence-corrected chi connectivity index (χ4v) is 4.47. The van der Waals surface area contributed by atoms with Gasteiger partial charge in [-0.15, -0.1) is 5.10 Å². The maximum Gasteiger partial charge on any atom is 0.236 e. The number of nitrogens with zero attached hydrogens (tertiary/aromatic N) is 3. The summed E-state index contributed by atoms with van der Waals surface area (Å²) in [5, 5.41) is 8.11. The molecule has 0 saturated carbocycles. The van der Waals surface area contributed by atoms with Crippen molar-refractivity contribution in [1.29, 1.82) is 0 Å². The lowest BCUT2D eigenvalue weighted by molar-refractivity contribution is 0.496. The van der Waals surface area contributed by atoms with Crippen molar-refractivity contribution in [3.05, 3.63) is 71.1 Å². The highest BCUT2D eigenvalue weighted by atomic mass is 32.2. The molecular weight excluding hydrogens is 470 g/mol. The number of pyridine rings is 1. The molecule has 1 aromatic carbocycles. The van der Waals surface area contributed by atoms with Crippen LogP contribution in [0.5, 0.6) is 0 Å². The van der Waals surface area contributed by atoms with Crippen LogP contribution < -0.4 is 4.72 Å². The molecule has 0 saturated heterocycles. The fourth-order valence-electron chi connectivity index (χ4n) is 3.83. The predicted molar refractivity (Wildman–Crippen MR) is 135 cm³/mol. The van der Waals surface area contributed by atoms with E-state index in [4.69, 9.17) is 0 Å². The molecule has 0 bridgehead atoms. The molecule has 9 heteroatoms. The van der Waals surface area contributed by atoms with Crippen LogP contribution in [-0.2, 0) is 15.4 Å². The first-order chi connectivity index (χ1) is 16.4. The summed E-state index contributed by atoms with van der Waals surface area (Å²) in [5.74, 6) is -1.15. The quantitative estimate of drug-likeness (QED) is 0.377. The van der Waals surface area contributed by atoms with E-state index in [1.165, 1.54) is 18.2 Å². The second-order valence-electron chi connectivity index (χ2n) is 9.23. The first kappa shape index (κ1) is 26.7. The van der Waals surface area contributed by atoms with E-state index in [9.17, 15) is 17.2 Å². The molecule has 0 unspecified atom stereocenters. The van der Waals surface area contributed by atoms with Crippen molar-refractivity contribution in [1.82, 2.24) is 15.2 Å². The van der Waals surface area contributed by atoms with E-state index in [0.717, 1.165) is 12.0 Å². The predicted octanol–water partition coefficient (Wildman–Crippen LogP) is 6.20. The van der Waals surface area contributed by atoms with Crippen molar-refractivity contribution in [3.63, 3.8) is 0 Å². The average molecular weight is 503 g/mol. The van der Waals surface area contributed by atoms with Gasteiger partial charge in [-0.25, -0.2) is 22.2 Å². The SMILES string of the molecule is CC[C@H](C)c1cc(-c2c(F)cccc2F)nnc1[C@@](C)(CC)c1cccc(NS(=O)(=O)C(C)C)n1. The van der Waals surface area contributed by atoms with Crippen LogP contribution >= 0.6 is 0 Å². The highest BCUT2D eigenvalue weighted by molar-refractivity contribution is 7.93. The molecule has 0 aliphatic carbocycles. The first-order valence-corrected chi connectivity index (χ1v) is 13.3. The Labute approximate surface area is 206 Å². The molecule has 188 valence electrons. The van der Waals surface area contributed by atoms with Crippen molar-refractivity contribution < 1.29 is 17.2 Å². The molecule has 6 nitrogen and oxygen atoms in total. The van der Waals surface area contributed by atoms with E-state index in [-0.39, 0.29) is 23.0 Å². The van der Waals surface area contributed by atoms with Crippen molar-refractivity contribution in [2.24, 2.45) is 0 Å². The zero-order valence-corrected chi connectivity index (χ0v) is 21.7. The Morgan fingerprint density at radius 3 is 2.20 bits per heavy atom. The maximum atomic E-state index is 14.5. The Hall–Kier alpha value is -2.94. The highest BCUT2D eigenvalue weighted by Gasteiger charge is 2.35. The number of hydrogen-bond donors (Lipinski definition) is 1. The Balaban J connectivity index is 2.17. The summed E-state index contributed by atoms with van der Waals surface area (Å²) in [6.07, 6.45) is 1.37. The lowest BCUT2D eigenvalue weighted by atomic mass is 9.76. The van der Waals surface area contributed by atoms with Crippen molar-refractivity contribution in [2.45, 2.75) is 71.0 Å². The smallest absolute Gasteiger partial charge is 0.236 e. The number of aromatic nitrogens is 3. The fraction of sp³-hybridized carbons (Fsp3) is 0.423. The van der Waals surface area contributed by atoms with Gasteiger partial charge in [0.25, 0.3) is 0 Å². The molecule has 0 aliphatic heterocycles. The van der Waals surface area contributed by atoms with Crippen LogP contribution in [0.4, 0.5) is 14.6 Å². The second kappa shape index (κ2) is 10.4. The average Bonchev–Trinajstić information content (AvgIpc) is 2.82. The van der Waals surface area contributed by atoms with Crippen LogP contribution in [0.15, 0.2) is 42.5 Å². The van der Waals surface area contributed by atoms with Gasteiger partial charge in [-0.3, -0.25) is 4.72 Å². The molecule has 0 amide bonds. The van der Waals surface area contributed by atoms with Crippen molar-refractivity contribution in [3.8, 4) is 11.3 Å². The third-order valence-electron chi connectivity index (χ3n) is 6.60. The summed E-state index contributed by atoms with van der Waals surface area (Å²) in [4.78, 5) is 4.62. The number of sulfonamides is 1. The summed E-state index contributed by atoms with van der Waals surface area (Å²) in [7, 11) is -3.57. The van der Waals surface area contributed by atoms with Gasteiger partial charge >= 0.3 is 0 Å². The molecule has 0 radical (unpaired) electrons. The second-order valence-corrected chi connectivity index (χ2v) is 11.5. The van der Waals surface area contributed by atoms with Crippen molar-refractivity contribution in [2.75, 3.05) is 4.72 Å². The van der Waals surface area contributed by atoms with E-state index in [0.29, 0.717) is 17.8 Å². The first-order valence-electron chi connectivity index (χ1n) is 11.8. The summed E-state index contributed by atoms with van der Waals surface area (Å²) in [5.41, 5.74) is 1.28. The molecule has 0 aliphatic rings. The Kier molecular flexibility index (Phi) is 7.89. The van der Waals surface area contributed by atoms with Gasteiger partial charge in [0.1, 0.15) is 17.5 Å². The molecule has 2 heterocycles. The normalized spacial score (nSPS) is 14.5. The van der Waals surface area contributed by atoms with Crippen molar-refractivity contribution >= 4 is 15.8 Å². The zero-order chi connectivity index (χ0) is 26.0. The molecule has 35 heavy (non-hydrogen) atoms. The van der Waals surface area contributed by atoms with Crippen LogP contribution in [0, 0.1) is 11.6 Å². The van der Waals surface area contributed by atoms with Gasteiger partial charge in [-0.05, 0) is 75.4 Å². The molecule has 2 aromatic heterocycles. The minimum Gasteiger partial charge on any atom is -0.267 e. The Morgan fingerprint density at radius 2 is 1.63 bits per heavy atom. The van der Waals surface area contributed by atoms with E-state index < -0.39 is 32.3 Å². The van der Waals surface area contributed by atoms with E-state index in [1.807, 2.05) is 33.8 Å². The maximum absolute atomic E-state index is 14.5. The van der Waals surface area contributed by atoms with Gasteiger partial charge in [-0.1, -0.05) is 32.9 Å². The van der Waals surface area contributed by atoms with Crippen LogP contribution in [0.2, 0.25) is 0 Å². The molecular formula is C26H32F2N4O2S. The van der Waals surface area contributed by atoms with Gasteiger partial charge in [0.05, 0.1) is 33.3 Å². The number of hydrogen-bond acceptors (Lipinski definition) is 5. The van der Waals surface area contributed by atoms with Gasteiger partial charge in [0.15, 0.2) is 0 Å². The molecule has 2 atom stereocenters.